The maximum absolute atomic E-state index is 12.6. The molecule has 1 saturated heterocycles. The van der Waals surface area contributed by atoms with Gasteiger partial charge in [-0.2, -0.15) is 0 Å². The van der Waals surface area contributed by atoms with Gasteiger partial charge in [-0.25, -0.2) is 0 Å². The molecule has 2 amide bonds. The maximum atomic E-state index is 12.6. The Kier molecular flexibility index (Phi) is 8.09. The van der Waals surface area contributed by atoms with Crippen molar-refractivity contribution < 1.29 is 14.3 Å². The maximum Gasteiger partial charge on any atom is 0.241 e. The van der Waals surface area contributed by atoms with Gasteiger partial charge in [0.25, 0.3) is 0 Å². The summed E-state index contributed by atoms with van der Waals surface area (Å²) < 4.78 is 5.27. The van der Waals surface area contributed by atoms with Gasteiger partial charge in [0.05, 0.1) is 25.4 Å². The highest BCUT2D eigenvalue weighted by molar-refractivity contribution is 6.31. The lowest BCUT2D eigenvalue weighted by atomic mass is 10.2. The van der Waals surface area contributed by atoms with Crippen molar-refractivity contribution in [3.8, 4) is 5.75 Å². The summed E-state index contributed by atoms with van der Waals surface area (Å²) in [5.41, 5.74) is 0.555. The minimum atomic E-state index is -0.301. The molecule has 1 aromatic carbocycles. The zero-order valence-corrected chi connectivity index (χ0v) is 16.6. The number of nitrogens with one attached hydrogen (secondary N) is 2. The van der Waals surface area contributed by atoms with Crippen LogP contribution in [0.2, 0.25) is 5.02 Å². The van der Waals surface area contributed by atoms with Gasteiger partial charge in [0.15, 0.2) is 0 Å². The third-order valence-electron chi connectivity index (χ3n) is 4.56. The Morgan fingerprint density at radius 3 is 2.67 bits per heavy atom. The van der Waals surface area contributed by atoms with Crippen LogP contribution >= 0.6 is 11.6 Å². The summed E-state index contributed by atoms with van der Waals surface area (Å²) in [7, 11) is 1.55. The number of carbonyl (C=O) groups excluding carboxylic acids is 2. The first-order chi connectivity index (χ1) is 12.9. The molecule has 8 heteroatoms. The van der Waals surface area contributed by atoms with Crippen LogP contribution in [0.1, 0.15) is 6.92 Å². The zero-order chi connectivity index (χ0) is 19.8. The van der Waals surface area contributed by atoms with E-state index in [1.165, 1.54) is 0 Å². The minimum Gasteiger partial charge on any atom is -0.495 e. The van der Waals surface area contributed by atoms with E-state index in [1.807, 2.05) is 6.92 Å². The molecular formula is C19H27ClN4O3. The number of halogens is 1. The average Bonchev–Trinajstić information content (AvgIpc) is 2.66. The van der Waals surface area contributed by atoms with E-state index in [1.54, 1.807) is 31.4 Å². The van der Waals surface area contributed by atoms with Crippen molar-refractivity contribution in [2.75, 3.05) is 51.7 Å². The fourth-order valence-corrected chi connectivity index (χ4v) is 3.11. The predicted octanol–water partition coefficient (Wildman–Crippen LogP) is 1.60. The molecule has 148 valence electrons. The van der Waals surface area contributed by atoms with Gasteiger partial charge in [0, 0.05) is 37.7 Å². The van der Waals surface area contributed by atoms with Crippen LogP contribution in [0.3, 0.4) is 0 Å². The van der Waals surface area contributed by atoms with Crippen LogP contribution < -0.4 is 15.4 Å². The molecular weight excluding hydrogens is 368 g/mol. The van der Waals surface area contributed by atoms with Gasteiger partial charge in [-0.05, 0) is 25.1 Å². The Morgan fingerprint density at radius 1 is 1.33 bits per heavy atom. The molecule has 1 unspecified atom stereocenters. The smallest absolute Gasteiger partial charge is 0.241 e. The Labute approximate surface area is 165 Å². The molecule has 2 N–H and O–H groups in total. The van der Waals surface area contributed by atoms with E-state index in [0.717, 1.165) is 26.2 Å². The van der Waals surface area contributed by atoms with Crippen LogP contribution in [0.5, 0.6) is 5.75 Å². The van der Waals surface area contributed by atoms with Crippen LogP contribution in [0.15, 0.2) is 30.9 Å². The van der Waals surface area contributed by atoms with Crippen LogP contribution in [0.4, 0.5) is 5.69 Å². The van der Waals surface area contributed by atoms with Crippen molar-refractivity contribution in [2.45, 2.75) is 13.0 Å². The molecule has 1 atom stereocenters. The topological polar surface area (TPSA) is 73.9 Å². The zero-order valence-electron chi connectivity index (χ0n) is 15.8. The normalized spacial score (nSPS) is 16.4. The average molecular weight is 395 g/mol. The largest absolute Gasteiger partial charge is 0.495 e. The number of hydrogen-bond donors (Lipinski definition) is 2. The number of ether oxygens (including phenoxy) is 1. The van der Waals surface area contributed by atoms with Crippen LogP contribution in [-0.2, 0) is 9.59 Å². The quantitative estimate of drug-likeness (QED) is 0.655. The van der Waals surface area contributed by atoms with Crippen LogP contribution in [-0.4, -0.2) is 74.0 Å². The van der Waals surface area contributed by atoms with Crippen LogP contribution in [0.25, 0.3) is 0 Å². The van der Waals surface area contributed by atoms with E-state index in [4.69, 9.17) is 16.3 Å². The highest BCUT2D eigenvalue weighted by Crippen LogP contribution is 2.28. The van der Waals surface area contributed by atoms with Gasteiger partial charge >= 0.3 is 0 Å². The fourth-order valence-electron chi connectivity index (χ4n) is 2.93. The predicted molar refractivity (Wildman–Crippen MR) is 107 cm³/mol. The molecule has 0 bridgehead atoms. The number of nitrogens with zero attached hydrogens (tertiary/aromatic N) is 2. The van der Waals surface area contributed by atoms with E-state index in [2.05, 4.69) is 27.0 Å². The molecule has 7 nitrogen and oxygen atoms in total. The third-order valence-corrected chi connectivity index (χ3v) is 4.80. The summed E-state index contributed by atoms with van der Waals surface area (Å²) in [6.07, 6.45) is 1.66. The Morgan fingerprint density at radius 2 is 2.04 bits per heavy atom. The molecule has 0 spiro atoms. The lowest BCUT2D eigenvalue weighted by Gasteiger charge is -2.37. The molecule has 2 rings (SSSR count). The minimum absolute atomic E-state index is 0.0119. The lowest BCUT2D eigenvalue weighted by Crippen LogP contribution is -2.54. The van der Waals surface area contributed by atoms with Gasteiger partial charge < -0.3 is 15.4 Å². The first kappa shape index (κ1) is 21.2. The fraction of sp³-hybridized carbons (Fsp3) is 0.474. The van der Waals surface area contributed by atoms with E-state index in [-0.39, 0.29) is 17.9 Å². The standard InChI is InChI=1S/C19H27ClN4O3/c1-4-7-21-18(25)13-23-8-10-24(11-9-23)14(2)19(26)22-16-12-15(20)5-6-17(16)27-3/h4-6,12,14H,1,7-11,13H2,2-3H3,(H,21,25)(H,22,26). The van der Waals surface area contributed by atoms with Crippen molar-refractivity contribution in [3.05, 3.63) is 35.9 Å². The molecule has 1 aromatic rings. The van der Waals surface area contributed by atoms with Crippen molar-refractivity contribution in [1.82, 2.24) is 15.1 Å². The number of hydrogen-bond acceptors (Lipinski definition) is 5. The van der Waals surface area contributed by atoms with Crippen molar-refractivity contribution in [3.63, 3.8) is 0 Å². The third kappa shape index (κ3) is 6.23. The van der Waals surface area contributed by atoms with Crippen molar-refractivity contribution in [1.29, 1.82) is 0 Å². The van der Waals surface area contributed by atoms with Gasteiger partial charge in [0.2, 0.25) is 11.8 Å². The Bertz CT molecular complexity index is 675. The number of piperazine rings is 1. The summed E-state index contributed by atoms with van der Waals surface area (Å²) in [6, 6.07) is 4.80. The van der Waals surface area contributed by atoms with Gasteiger partial charge in [-0.3, -0.25) is 19.4 Å². The molecule has 0 radical (unpaired) electrons. The second kappa shape index (κ2) is 10.3. The molecule has 1 aliphatic rings. The lowest BCUT2D eigenvalue weighted by molar-refractivity contribution is -0.124. The summed E-state index contributed by atoms with van der Waals surface area (Å²) in [5, 5.41) is 6.19. The SMILES string of the molecule is C=CCNC(=O)CN1CCN(C(C)C(=O)Nc2cc(Cl)ccc2OC)CC1. The number of rotatable bonds is 8. The molecule has 1 heterocycles. The number of carbonyl (C=O) groups is 2. The van der Waals surface area contributed by atoms with Gasteiger partial charge in [0.1, 0.15) is 5.75 Å². The van der Waals surface area contributed by atoms with E-state index < -0.39 is 0 Å². The molecule has 27 heavy (non-hydrogen) atoms. The number of anilines is 1. The Hall–Kier alpha value is -2.09. The second-order valence-electron chi connectivity index (χ2n) is 6.41. The highest BCUT2D eigenvalue weighted by Gasteiger charge is 2.26. The molecule has 0 aliphatic carbocycles. The van der Waals surface area contributed by atoms with Gasteiger partial charge in [-0.15, -0.1) is 6.58 Å². The van der Waals surface area contributed by atoms with E-state index in [0.29, 0.717) is 29.5 Å². The Balaban J connectivity index is 1.85. The highest BCUT2D eigenvalue weighted by atomic mass is 35.5. The summed E-state index contributed by atoms with van der Waals surface area (Å²) in [5.74, 6) is 0.435. The van der Waals surface area contributed by atoms with E-state index in [9.17, 15) is 9.59 Å². The summed E-state index contributed by atoms with van der Waals surface area (Å²) >= 11 is 6.01. The first-order valence-corrected chi connectivity index (χ1v) is 9.30. The second-order valence-corrected chi connectivity index (χ2v) is 6.85. The summed E-state index contributed by atoms with van der Waals surface area (Å²) in [6.45, 7) is 9.20. The molecule has 1 fully saturated rings. The van der Waals surface area contributed by atoms with Crippen molar-refractivity contribution in [2.24, 2.45) is 0 Å². The van der Waals surface area contributed by atoms with Gasteiger partial charge in [-0.1, -0.05) is 17.7 Å². The number of amides is 2. The molecule has 1 aliphatic heterocycles. The first-order valence-electron chi connectivity index (χ1n) is 8.93. The molecule has 0 saturated carbocycles. The number of benzene rings is 1. The summed E-state index contributed by atoms with van der Waals surface area (Å²) in [4.78, 5) is 28.6. The van der Waals surface area contributed by atoms with Crippen molar-refractivity contribution >= 4 is 29.1 Å². The number of methoxy groups -OCH3 is 1. The monoisotopic (exact) mass is 394 g/mol. The van der Waals surface area contributed by atoms with E-state index >= 15 is 0 Å². The van der Waals surface area contributed by atoms with Crippen LogP contribution in [0, 0.1) is 0 Å². The molecule has 0 aromatic heterocycles.